The molecule has 1 amide bonds. The molecule has 6 heteroatoms. The van der Waals surface area contributed by atoms with Crippen molar-refractivity contribution in [1.82, 2.24) is 9.80 Å². The van der Waals surface area contributed by atoms with E-state index in [1.165, 1.54) is 0 Å². The Bertz CT molecular complexity index is 630. The summed E-state index contributed by atoms with van der Waals surface area (Å²) in [6.07, 6.45) is 2.99. The Labute approximate surface area is 153 Å². The van der Waals surface area contributed by atoms with E-state index < -0.39 is 6.10 Å². The van der Waals surface area contributed by atoms with Crippen LogP contribution in [-0.4, -0.2) is 53.1 Å². The van der Waals surface area contributed by atoms with Crippen LogP contribution in [0.2, 0.25) is 5.02 Å². The number of β-amino-alcohol motifs (C(OH)–C–C–N with tert-alkyl or cyclic N) is 1. The van der Waals surface area contributed by atoms with Crippen molar-refractivity contribution in [2.45, 2.75) is 45.3 Å². The molecular formula is C19H26ClFN2O2. The summed E-state index contributed by atoms with van der Waals surface area (Å²) >= 11 is 5.87. The van der Waals surface area contributed by atoms with Crippen molar-refractivity contribution in [3.05, 3.63) is 34.6 Å². The maximum Gasteiger partial charge on any atom is 0.222 e. The standard InChI is InChI=1S/C19H26ClFN2O2/c1-14(24)11-23-13-19(6-5-17(23)25)7-9-22(10-8-19)12-15-3-2-4-16(20)18(15)21/h2-4,14,24H,5-13H2,1H3. The van der Waals surface area contributed by atoms with Gasteiger partial charge in [-0.2, -0.15) is 0 Å². The van der Waals surface area contributed by atoms with Crippen LogP contribution in [0.25, 0.3) is 0 Å². The predicted octanol–water partition coefficient (Wildman–Crippen LogP) is 3.06. The van der Waals surface area contributed by atoms with E-state index in [-0.39, 0.29) is 22.2 Å². The molecule has 2 aliphatic rings. The largest absolute Gasteiger partial charge is 0.392 e. The monoisotopic (exact) mass is 368 g/mol. The Kier molecular flexibility index (Phi) is 5.66. The summed E-state index contributed by atoms with van der Waals surface area (Å²) in [6, 6.07) is 5.14. The Morgan fingerprint density at radius 3 is 2.72 bits per heavy atom. The number of aliphatic hydroxyl groups excluding tert-OH is 1. The first kappa shape index (κ1) is 18.6. The molecule has 0 aliphatic carbocycles. The van der Waals surface area contributed by atoms with Gasteiger partial charge in [0, 0.05) is 31.6 Å². The maximum atomic E-state index is 14.1. The van der Waals surface area contributed by atoms with Crippen LogP contribution in [0.15, 0.2) is 18.2 Å². The van der Waals surface area contributed by atoms with Crippen LogP contribution in [0.1, 0.15) is 38.2 Å². The van der Waals surface area contributed by atoms with E-state index in [4.69, 9.17) is 11.6 Å². The molecule has 3 rings (SSSR count). The molecule has 1 spiro atoms. The van der Waals surface area contributed by atoms with Crippen LogP contribution >= 0.6 is 11.6 Å². The second-order valence-corrected chi connectivity index (χ2v) is 8.02. The van der Waals surface area contributed by atoms with Gasteiger partial charge in [-0.15, -0.1) is 0 Å². The Morgan fingerprint density at radius 2 is 2.04 bits per heavy atom. The van der Waals surface area contributed by atoms with Crippen molar-refractivity contribution in [3.8, 4) is 0 Å². The number of benzene rings is 1. The van der Waals surface area contributed by atoms with Crippen molar-refractivity contribution in [2.75, 3.05) is 26.2 Å². The summed E-state index contributed by atoms with van der Waals surface area (Å²) in [5.74, 6) is -0.175. The lowest BCUT2D eigenvalue weighted by Crippen LogP contribution is -2.52. The number of carbonyl (C=O) groups excluding carboxylic acids is 1. The lowest BCUT2D eigenvalue weighted by molar-refractivity contribution is -0.140. The molecule has 0 bridgehead atoms. The van der Waals surface area contributed by atoms with Crippen LogP contribution in [0.3, 0.4) is 0 Å². The average Bonchev–Trinajstić information content (AvgIpc) is 2.57. The van der Waals surface area contributed by atoms with Crippen LogP contribution in [0.4, 0.5) is 4.39 Å². The molecule has 0 radical (unpaired) electrons. The van der Waals surface area contributed by atoms with E-state index in [1.54, 1.807) is 25.1 Å². The number of amides is 1. The quantitative estimate of drug-likeness (QED) is 0.888. The topological polar surface area (TPSA) is 43.8 Å². The van der Waals surface area contributed by atoms with E-state index in [1.807, 2.05) is 4.90 Å². The highest BCUT2D eigenvalue weighted by molar-refractivity contribution is 6.30. The minimum Gasteiger partial charge on any atom is -0.392 e. The highest BCUT2D eigenvalue weighted by atomic mass is 35.5. The predicted molar refractivity (Wildman–Crippen MR) is 95.8 cm³/mol. The Balaban J connectivity index is 1.59. The minimum atomic E-state index is -0.495. The third kappa shape index (κ3) is 4.33. The number of rotatable bonds is 4. The van der Waals surface area contributed by atoms with Gasteiger partial charge in [0.2, 0.25) is 5.91 Å². The summed E-state index contributed by atoms with van der Waals surface area (Å²) in [7, 11) is 0. The number of hydrogen-bond acceptors (Lipinski definition) is 3. The van der Waals surface area contributed by atoms with Crippen LogP contribution < -0.4 is 0 Å². The van der Waals surface area contributed by atoms with Crippen molar-refractivity contribution in [3.63, 3.8) is 0 Å². The third-order valence-electron chi connectivity index (χ3n) is 5.58. The summed E-state index contributed by atoms with van der Waals surface area (Å²) < 4.78 is 14.1. The third-order valence-corrected chi connectivity index (χ3v) is 5.87. The number of carbonyl (C=O) groups is 1. The number of hydrogen-bond donors (Lipinski definition) is 1. The van der Waals surface area contributed by atoms with Gasteiger partial charge in [0.1, 0.15) is 5.82 Å². The molecule has 2 aliphatic heterocycles. The van der Waals surface area contributed by atoms with E-state index in [0.717, 1.165) is 38.9 Å². The summed E-state index contributed by atoms with van der Waals surface area (Å²) in [5, 5.41) is 9.79. The van der Waals surface area contributed by atoms with Gasteiger partial charge in [0.05, 0.1) is 11.1 Å². The van der Waals surface area contributed by atoms with Gasteiger partial charge >= 0.3 is 0 Å². The summed E-state index contributed by atoms with van der Waals surface area (Å²) in [5.41, 5.74) is 0.782. The zero-order chi connectivity index (χ0) is 18.0. The van der Waals surface area contributed by atoms with E-state index in [0.29, 0.717) is 25.1 Å². The lowest BCUT2D eigenvalue weighted by atomic mass is 9.72. The molecule has 1 aromatic carbocycles. The first-order chi connectivity index (χ1) is 11.9. The fourth-order valence-electron chi connectivity index (χ4n) is 4.09. The van der Waals surface area contributed by atoms with Crippen molar-refractivity contribution >= 4 is 17.5 Å². The average molecular weight is 369 g/mol. The molecule has 1 atom stereocenters. The number of nitrogens with zero attached hydrogens (tertiary/aromatic N) is 2. The maximum absolute atomic E-state index is 14.1. The highest BCUT2D eigenvalue weighted by Gasteiger charge is 2.41. The first-order valence-electron chi connectivity index (χ1n) is 9.00. The van der Waals surface area contributed by atoms with Gasteiger partial charge in [-0.3, -0.25) is 9.69 Å². The fraction of sp³-hybridized carbons (Fsp3) is 0.632. The molecule has 1 N–H and O–H groups in total. The van der Waals surface area contributed by atoms with Gasteiger partial charge in [0.15, 0.2) is 0 Å². The number of aliphatic hydroxyl groups is 1. The molecule has 138 valence electrons. The number of piperidine rings is 2. The fourth-order valence-corrected chi connectivity index (χ4v) is 4.29. The van der Waals surface area contributed by atoms with Gasteiger partial charge in [0.25, 0.3) is 0 Å². The first-order valence-corrected chi connectivity index (χ1v) is 9.37. The van der Waals surface area contributed by atoms with Gasteiger partial charge in [-0.05, 0) is 50.8 Å². The zero-order valence-electron chi connectivity index (χ0n) is 14.7. The van der Waals surface area contributed by atoms with E-state index in [9.17, 15) is 14.3 Å². The van der Waals surface area contributed by atoms with Gasteiger partial charge < -0.3 is 10.0 Å². The Hall–Kier alpha value is -1.17. The minimum absolute atomic E-state index is 0.145. The molecule has 2 saturated heterocycles. The van der Waals surface area contributed by atoms with Crippen LogP contribution in [0, 0.1) is 11.2 Å². The molecule has 0 aromatic heterocycles. The Morgan fingerprint density at radius 1 is 1.32 bits per heavy atom. The van der Waals surface area contributed by atoms with E-state index in [2.05, 4.69) is 4.90 Å². The summed E-state index contributed by atoms with van der Waals surface area (Å²) in [4.78, 5) is 16.2. The molecular weight excluding hydrogens is 343 g/mol. The van der Waals surface area contributed by atoms with E-state index >= 15 is 0 Å². The second-order valence-electron chi connectivity index (χ2n) is 7.61. The number of likely N-dealkylation sites (tertiary alicyclic amines) is 2. The molecule has 2 fully saturated rings. The van der Waals surface area contributed by atoms with Gasteiger partial charge in [-0.25, -0.2) is 4.39 Å². The van der Waals surface area contributed by atoms with Crippen molar-refractivity contribution < 1.29 is 14.3 Å². The summed E-state index contributed by atoms with van der Waals surface area (Å²) in [6.45, 7) is 5.22. The molecule has 1 unspecified atom stereocenters. The molecule has 25 heavy (non-hydrogen) atoms. The highest BCUT2D eigenvalue weighted by Crippen LogP contribution is 2.40. The lowest BCUT2D eigenvalue weighted by Gasteiger charge is -2.47. The molecule has 4 nitrogen and oxygen atoms in total. The SMILES string of the molecule is CC(O)CN1CC2(CCC1=O)CCN(Cc1cccc(Cl)c1F)CC2. The smallest absolute Gasteiger partial charge is 0.222 e. The van der Waals surface area contributed by atoms with Crippen molar-refractivity contribution in [2.24, 2.45) is 5.41 Å². The normalized spacial score (nSPS) is 22.4. The molecule has 0 saturated carbocycles. The number of halogens is 2. The second kappa shape index (κ2) is 7.60. The van der Waals surface area contributed by atoms with Crippen LogP contribution in [-0.2, 0) is 11.3 Å². The van der Waals surface area contributed by atoms with Crippen molar-refractivity contribution in [1.29, 1.82) is 0 Å². The van der Waals surface area contributed by atoms with Crippen LogP contribution in [0.5, 0.6) is 0 Å². The molecule has 1 aromatic rings. The van der Waals surface area contributed by atoms with Gasteiger partial charge in [-0.1, -0.05) is 23.7 Å². The molecule has 2 heterocycles. The zero-order valence-corrected chi connectivity index (χ0v) is 15.4.